The van der Waals surface area contributed by atoms with Crippen molar-refractivity contribution in [3.05, 3.63) is 35.9 Å². The van der Waals surface area contributed by atoms with Gasteiger partial charge in [-0.15, -0.1) is 0 Å². The van der Waals surface area contributed by atoms with E-state index in [9.17, 15) is 15.0 Å². The van der Waals surface area contributed by atoms with E-state index >= 15 is 0 Å². The van der Waals surface area contributed by atoms with Gasteiger partial charge in [0, 0.05) is 12.0 Å². The summed E-state index contributed by atoms with van der Waals surface area (Å²) in [6, 6.07) is 9.56. The predicted molar refractivity (Wildman–Crippen MR) is 81.5 cm³/mol. The van der Waals surface area contributed by atoms with Crippen LogP contribution >= 0.6 is 0 Å². The van der Waals surface area contributed by atoms with E-state index in [1.54, 1.807) is 0 Å². The summed E-state index contributed by atoms with van der Waals surface area (Å²) < 4.78 is 0. The van der Waals surface area contributed by atoms with Crippen molar-refractivity contribution in [2.75, 3.05) is 6.54 Å². The first-order valence-corrected chi connectivity index (χ1v) is 7.62. The van der Waals surface area contributed by atoms with Gasteiger partial charge in [0.1, 0.15) is 0 Å². The van der Waals surface area contributed by atoms with Crippen LogP contribution in [0.5, 0.6) is 0 Å². The lowest BCUT2D eigenvalue weighted by atomic mass is 9.92. The molecule has 2 atom stereocenters. The molecule has 0 spiro atoms. The first-order valence-electron chi connectivity index (χ1n) is 7.62. The van der Waals surface area contributed by atoms with Gasteiger partial charge in [0.15, 0.2) is 0 Å². The van der Waals surface area contributed by atoms with E-state index in [4.69, 9.17) is 0 Å². The van der Waals surface area contributed by atoms with Crippen molar-refractivity contribution in [3.8, 4) is 0 Å². The van der Waals surface area contributed by atoms with Gasteiger partial charge in [-0.05, 0) is 24.3 Å². The van der Waals surface area contributed by atoms with Gasteiger partial charge in [-0.3, -0.25) is 4.79 Å². The number of carbonyl (C=O) groups is 1. The van der Waals surface area contributed by atoms with E-state index in [1.165, 1.54) is 0 Å². The molecule has 21 heavy (non-hydrogen) atoms. The lowest BCUT2D eigenvalue weighted by molar-refractivity contribution is -0.124. The molecule has 2 rings (SSSR count). The second-order valence-electron chi connectivity index (χ2n) is 6.47. The standard InChI is InChI=1S/C17H25NO3/c1-12(2)14(19)10-15(20)18-11-17(8-9-17)16(21)13-6-4-3-5-7-13/h3-7,12,14,16,19,21H,8-11H2,1-2H3,(H,18,20). The Bertz CT molecular complexity index is 468. The summed E-state index contributed by atoms with van der Waals surface area (Å²) in [5.41, 5.74) is 0.659. The Morgan fingerprint density at radius 1 is 1.24 bits per heavy atom. The lowest BCUT2D eigenvalue weighted by Crippen LogP contribution is -2.35. The minimum absolute atomic E-state index is 0.0699. The SMILES string of the molecule is CC(C)C(O)CC(=O)NCC1(C(O)c2ccccc2)CC1. The average molecular weight is 291 g/mol. The fourth-order valence-electron chi connectivity index (χ4n) is 2.47. The predicted octanol–water partition coefficient (Wildman–Crippen LogP) is 2.02. The maximum Gasteiger partial charge on any atom is 0.222 e. The third kappa shape index (κ3) is 4.05. The van der Waals surface area contributed by atoms with E-state index < -0.39 is 12.2 Å². The third-order valence-corrected chi connectivity index (χ3v) is 4.39. The van der Waals surface area contributed by atoms with Crippen molar-refractivity contribution < 1.29 is 15.0 Å². The Balaban J connectivity index is 1.86. The zero-order chi connectivity index (χ0) is 15.5. The summed E-state index contributed by atoms with van der Waals surface area (Å²) in [6.45, 7) is 4.24. The number of rotatable bonds is 7. The highest BCUT2D eigenvalue weighted by Crippen LogP contribution is 2.54. The summed E-state index contributed by atoms with van der Waals surface area (Å²) in [6.07, 6.45) is 0.787. The number of amides is 1. The number of aliphatic hydroxyl groups excluding tert-OH is 2. The number of hydrogen-bond donors (Lipinski definition) is 3. The quantitative estimate of drug-likeness (QED) is 0.720. The van der Waals surface area contributed by atoms with Gasteiger partial charge < -0.3 is 15.5 Å². The van der Waals surface area contributed by atoms with Crippen molar-refractivity contribution >= 4 is 5.91 Å². The fourth-order valence-corrected chi connectivity index (χ4v) is 2.47. The van der Waals surface area contributed by atoms with Crippen LogP contribution in [0, 0.1) is 11.3 Å². The van der Waals surface area contributed by atoms with Crippen molar-refractivity contribution in [1.29, 1.82) is 0 Å². The summed E-state index contributed by atoms with van der Waals surface area (Å²) in [7, 11) is 0. The minimum Gasteiger partial charge on any atom is -0.392 e. The van der Waals surface area contributed by atoms with Crippen LogP contribution in [0.25, 0.3) is 0 Å². The maximum absolute atomic E-state index is 11.8. The van der Waals surface area contributed by atoms with Crippen LogP contribution < -0.4 is 5.32 Å². The van der Waals surface area contributed by atoms with Crippen LogP contribution in [0.2, 0.25) is 0 Å². The molecule has 0 saturated heterocycles. The van der Waals surface area contributed by atoms with Crippen LogP contribution in [0.15, 0.2) is 30.3 Å². The van der Waals surface area contributed by atoms with E-state index in [2.05, 4.69) is 5.32 Å². The molecule has 1 aromatic rings. The van der Waals surface area contributed by atoms with Crippen LogP contribution in [-0.2, 0) is 4.79 Å². The number of nitrogens with one attached hydrogen (secondary N) is 1. The van der Waals surface area contributed by atoms with Gasteiger partial charge in [0.2, 0.25) is 5.91 Å². The van der Waals surface area contributed by atoms with E-state index in [0.29, 0.717) is 6.54 Å². The molecule has 1 aliphatic rings. The smallest absolute Gasteiger partial charge is 0.222 e. The van der Waals surface area contributed by atoms with Gasteiger partial charge in [-0.25, -0.2) is 0 Å². The Kier molecular flexibility index (Phi) is 5.01. The first-order chi connectivity index (χ1) is 9.94. The first kappa shape index (κ1) is 16.0. The highest BCUT2D eigenvalue weighted by Gasteiger charge is 2.49. The maximum atomic E-state index is 11.8. The molecule has 0 heterocycles. The van der Waals surface area contributed by atoms with E-state index in [0.717, 1.165) is 18.4 Å². The molecule has 0 aliphatic heterocycles. The summed E-state index contributed by atoms with van der Waals surface area (Å²) in [5.74, 6) is -0.0803. The van der Waals surface area contributed by atoms with E-state index in [-0.39, 0.29) is 23.7 Å². The van der Waals surface area contributed by atoms with Crippen molar-refractivity contribution in [2.24, 2.45) is 11.3 Å². The van der Waals surface area contributed by atoms with Gasteiger partial charge in [-0.1, -0.05) is 44.2 Å². The Morgan fingerprint density at radius 2 is 1.86 bits per heavy atom. The largest absolute Gasteiger partial charge is 0.392 e. The zero-order valence-electron chi connectivity index (χ0n) is 12.7. The number of benzene rings is 1. The monoisotopic (exact) mass is 291 g/mol. The number of aliphatic hydroxyl groups is 2. The molecule has 0 radical (unpaired) electrons. The highest BCUT2D eigenvalue weighted by atomic mass is 16.3. The van der Waals surface area contributed by atoms with Gasteiger partial charge in [0.05, 0.1) is 18.6 Å². The minimum atomic E-state index is -0.612. The molecule has 4 nitrogen and oxygen atoms in total. The summed E-state index contributed by atoms with van der Waals surface area (Å²) >= 11 is 0. The Hall–Kier alpha value is -1.39. The normalized spacial score (nSPS) is 19.1. The molecule has 1 saturated carbocycles. The molecule has 1 aromatic carbocycles. The third-order valence-electron chi connectivity index (χ3n) is 4.39. The molecule has 2 unspecified atom stereocenters. The van der Waals surface area contributed by atoms with Gasteiger partial charge in [0.25, 0.3) is 0 Å². The molecule has 3 N–H and O–H groups in total. The molecular weight excluding hydrogens is 266 g/mol. The van der Waals surface area contributed by atoms with Crippen molar-refractivity contribution in [2.45, 2.75) is 45.3 Å². The Labute approximate surface area is 126 Å². The van der Waals surface area contributed by atoms with Crippen molar-refractivity contribution in [1.82, 2.24) is 5.32 Å². The van der Waals surface area contributed by atoms with Crippen LogP contribution in [0.4, 0.5) is 0 Å². The second kappa shape index (κ2) is 6.58. The van der Waals surface area contributed by atoms with Gasteiger partial charge in [-0.2, -0.15) is 0 Å². The molecule has 1 fully saturated rings. The molecule has 116 valence electrons. The molecule has 1 amide bonds. The molecule has 0 bridgehead atoms. The zero-order valence-corrected chi connectivity index (χ0v) is 12.7. The van der Waals surface area contributed by atoms with Crippen molar-refractivity contribution in [3.63, 3.8) is 0 Å². The lowest BCUT2D eigenvalue weighted by Gasteiger charge is -2.23. The molecule has 4 heteroatoms. The topological polar surface area (TPSA) is 69.6 Å². The summed E-state index contributed by atoms with van der Waals surface area (Å²) in [5, 5.41) is 23.1. The summed E-state index contributed by atoms with van der Waals surface area (Å²) in [4.78, 5) is 11.8. The van der Waals surface area contributed by atoms with Crippen LogP contribution in [0.1, 0.15) is 44.8 Å². The molecular formula is C17H25NO3. The number of carbonyl (C=O) groups excluding carboxylic acids is 1. The molecule has 0 aromatic heterocycles. The van der Waals surface area contributed by atoms with Crippen LogP contribution in [-0.4, -0.2) is 28.8 Å². The van der Waals surface area contributed by atoms with Gasteiger partial charge >= 0.3 is 0 Å². The van der Waals surface area contributed by atoms with E-state index in [1.807, 2.05) is 44.2 Å². The highest BCUT2D eigenvalue weighted by molar-refractivity contribution is 5.76. The fraction of sp³-hybridized carbons (Fsp3) is 0.588. The average Bonchev–Trinajstić information content (AvgIpc) is 3.26. The Morgan fingerprint density at radius 3 is 2.38 bits per heavy atom. The second-order valence-corrected chi connectivity index (χ2v) is 6.47. The number of hydrogen-bond acceptors (Lipinski definition) is 3. The molecule has 1 aliphatic carbocycles. The van der Waals surface area contributed by atoms with Crippen LogP contribution in [0.3, 0.4) is 0 Å².